The molecule has 0 N–H and O–H groups in total. The van der Waals surface area contributed by atoms with Gasteiger partial charge in [0, 0.05) is 24.7 Å². The molecule has 2 heterocycles. The number of hydrogen-bond donors (Lipinski definition) is 0. The van der Waals surface area contributed by atoms with E-state index in [4.69, 9.17) is 9.15 Å². The Morgan fingerprint density at radius 3 is 2.53 bits per heavy atom. The van der Waals surface area contributed by atoms with Crippen LogP contribution in [0.5, 0.6) is 0 Å². The van der Waals surface area contributed by atoms with Crippen molar-refractivity contribution in [2.75, 3.05) is 25.1 Å². The van der Waals surface area contributed by atoms with Gasteiger partial charge < -0.3 is 18.8 Å². The highest BCUT2D eigenvalue weighted by atomic mass is 19.4. The average molecular weight is 456 g/mol. The molecule has 172 valence electrons. The van der Waals surface area contributed by atoms with Crippen LogP contribution in [0.15, 0.2) is 34.9 Å². The van der Waals surface area contributed by atoms with E-state index in [1.165, 1.54) is 19.4 Å². The zero-order valence-electron chi connectivity index (χ0n) is 16.9. The van der Waals surface area contributed by atoms with Gasteiger partial charge in [-0.3, -0.25) is 14.9 Å². The second-order valence-electron chi connectivity index (χ2n) is 7.09. The van der Waals surface area contributed by atoms with Crippen LogP contribution in [-0.4, -0.2) is 37.1 Å². The minimum Gasteiger partial charge on any atom is -0.463 e. The minimum atomic E-state index is -4.69. The van der Waals surface area contributed by atoms with Gasteiger partial charge in [-0.1, -0.05) is 0 Å². The highest BCUT2D eigenvalue weighted by Crippen LogP contribution is 2.37. The van der Waals surface area contributed by atoms with Crippen molar-refractivity contribution in [2.24, 2.45) is 5.92 Å². The molecular weight excluding hydrogens is 437 g/mol. The van der Waals surface area contributed by atoms with Crippen molar-refractivity contribution in [2.45, 2.75) is 25.6 Å². The predicted molar refractivity (Wildman–Crippen MR) is 103 cm³/mol. The third kappa shape index (κ3) is 5.01. The second-order valence-corrected chi connectivity index (χ2v) is 7.09. The first-order chi connectivity index (χ1) is 15.1. The van der Waals surface area contributed by atoms with E-state index in [0.29, 0.717) is 24.5 Å². The van der Waals surface area contributed by atoms with Crippen LogP contribution in [0.25, 0.3) is 0 Å². The number of alkyl halides is 3. The fraction of sp³-hybridized carbons (Fsp3) is 0.400. The van der Waals surface area contributed by atoms with E-state index in [0.717, 1.165) is 12.1 Å². The Morgan fingerprint density at radius 2 is 1.94 bits per heavy atom. The normalized spacial score (nSPS) is 14.8. The molecule has 0 saturated carbocycles. The largest absolute Gasteiger partial charge is 0.463 e. The summed E-state index contributed by atoms with van der Waals surface area (Å²) in [7, 11) is 1.19. The van der Waals surface area contributed by atoms with Crippen molar-refractivity contribution >= 4 is 23.3 Å². The maximum absolute atomic E-state index is 12.9. The molecule has 0 unspecified atom stereocenters. The molecule has 3 rings (SSSR count). The van der Waals surface area contributed by atoms with Crippen molar-refractivity contribution < 1.29 is 41.6 Å². The number of nitrogens with zero attached hydrogens (tertiary/aromatic N) is 2. The van der Waals surface area contributed by atoms with Crippen LogP contribution in [0.4, 0.5) is 24.5 Å². The number of carbonyl (C=O) groups is 2. The Bertz CT molecular complexity index is 1010. The lowest BCUT2D eigenvalue weighted by atomic mass is 9.96. The lowest BCUT2D eigenvalue weighted by Crippen LogP contribution is -2.37. The van der Waals surface area contributed by atoms with Crippen molar-refractivity contribution in [3.05, 3.63) is 57.5 Å². The molecule has 0 spiro atoms. The van der Waals surface area contributed by atoms with Crippen LogP contribution < -0.4 is 4.90 Å². The van der Waals surface area contributed by atoms with E-state index in [-0.39, 0.29) is 31.1 Å². The Kier molecular flexibility index (Phi) is 6.70. The van der Waals surface area contributed by atoms with Gasteiger partial charge in [-0.25, -0.2) is 4.79 Å². The number of hydrogen-bond acceptors (Lipinski definition) is 8. The summed E-state index contributed by atoms with van der Waals surface area (Å²) in [6.07, 6.45) is -2.83. The van der Waals surface area contributed by atoms with Gasteiger partial charge in [0.15, 0.2) is 0 Å². The number of nitro groups is 1. The molecule has 12 heteroatoms. The average Bonchev–Trinajstić information content (AvgIpc) is 3.24. The molecule has 1 aromatic heterocycles. The third-order valence-corrected chi connectivity index (χ3v) is 5.16. The molecule has 1 aliphatic rings. The van der Waals surface area contributed by atoms with Crippen molar-refractivity contribution in [1.82, 2.24) is 0 Å². The number of ether oxygens (including phenoxy) is 2. The van der Waals surface area contributed by atoms with Crippen LogP contribution in [0.2, 0.25) is 0 Å². The summed E-state index contributed by atoms with van der Waals surface area (Å²) in [6.45, 7) is 0.264. The van der Waals surface area contributed by atoms with Gasteiger partial charge in [0.2, 0.25) is 5.76 Å². The first kappa shape index (κ1) is 23.1. The molecule has 1 fully saturated rings. The van der Waals surface area contributed by atoms with E-state index in [9.17, 15) is 32.9 Å². The summed E-state index contributed by atoms with van der Waals surface area (Å²) in [5.41, 5.74) is -1.33. The van der Waals surface area contributed by atoms with E-state index < -0.39 is 40.2 Å². The quantitative estimate of drug-likeness (QED) is 0.365. The SMILES string of the molecule is COC(=O)c1occc1COC(=O)C1CCN(c2ccc(C(F)(F)F)cc2[N+](=O)[O-])CC1. The van der Waals surface area contributed by atoms with Gasteiger partial charge >= 0.3 is 18.1 Å². The van der Waals surface area contributed by atoms with Crippen LogP contribution >= 0.6 is 0 Å². The number of furan rings is 1. The number of methoxy groups -OCH3 is 1. The molecular formula is C20H19F3N2O7. The van der Waals surface area contributed by atoms with Gasteiger partial charge in [0.25, 0.3) is 5.69 Å². The summed E-state index contributed by atoms with van der Waals surface area (Å²) >= 11 is 0. The molecule has 2 aromatic rings. The minimum absolute atomic E-state index is 0.0651. The van der Waals surface area contributed by atoms with Crippen molar-refractivity contribution in [1.29, 1.82) is 0 Å². The molecule has 0 radical (unpaired) electrons. The Balaban J connectivity index is 1.62. The van der Waals surface area contributed by atoms with Crippen LogP contribution in [0, 0.1) is 16.0 Å². The highest BCUT2D eigenvalue weighted by molar-refractivity contribution is 5.87. The lowest BCUT2D eigenvalue weighted by molar-refractivity contribution is -0.384. The molecule has 0 aliphatic carbocycles. The maximum atomic E-state index is 12.9. The standard InChI is InChI=1S/C20H19F3N2O7/c1-30-19(27)17-13(6-9-31-17)11-32-18(26)12-4-7-24(8-5-12)15-3-2-14(20(21,22)23)10-16(15)25(28)29/h2-3,6,9-10,12H,4-5,7-8,11H2,1H3. The number of rotatable bonds is 6. The zero-order valence-corrected chi connectivity index (χ0v) is 16.9. The Labute approximate surface area is 179 Å². The van der Waals surface area contributed by atoms with Crippen LogP contribution in [0.3, 0.4) is 0 Å². The van der Waals surface area contributed by atoms with Gasteiger partial charge in [-0.05, 0) is 31.0 Å². The molecule has 1 aliphatic heterocycles. The van der Waals surface area contributed by atoms with Gasteiger partial charge in [-0.2, -0.15) is 13.2 Å². The smallest absolute Gasteiger partial charge is 0.416 e. The van der Waals surface area contributed by atoms with Crippen LogP contribution in [-0.2, 0) is 27.1 Å². The number of anilines is 1. The third-order valence-electron chi connectivity index (χ3n) is 5.16. The summed E-state index contributed by atoms with van der Waals surface area (Å²) < 4.78 is 53.5. The molecule has 1 saturated heterocycles. The zero-order chi connectivity index (χ0) is 23.5. The molecule has 0 atom stereocenters. The number of piperidine rings is 1. The number of carbonyl (C=O) groups excluding carboxylic acids is 2. The van der Waals surface area contributed by atoms with E-state index >= 15 is 0 Å². The van der Waals surface area contributed by atoms with E-state index in [1.54, 1.807) is 4.90 Å². The van der Waals surface area contributed by atoms with Gasteiger partial charge in [-0.15, -0.1) is 0 Å². The first-order valence-electron chi connectivity index (χ1n) is 9.53. The number of nitro benzene ring substituents is 1. The molecule has 0 bridgehead atoms. The van der Waals surface area contributed by atoms with Gasteiger partial charge in [0.1, 0.15) is 12.3 Å². The number of halogens is 3. The van der Waals surface area contributed by atoms with E-state index in [1.807, 2.05) is 0 Å². The van der Waals surface area contributed by atoms with Gasteiger partial charge in [0.05, 0.1) is 29.8 Å². The molecule has 32 heavy (non-hydrogen) atoms. The number of esters is 2. The fourth-order valence-electron chi connectivity index (χ4n) is 3.46. The Hall–Kier alpha value is -3.57. The summed E-state index contributed by atoms with van der Waals surface area (Å²) in [6, 6.07) is 3.87. The summed E-state index contributed by atoms with van der Waals surface area (Å²) in [5, 5.41) is 11.3. The van der Waals surface area contributed by atoms with E-state index in [2.05, 4.69) is 4.74 Å². The van der Waals surface area contributed by atoms with Crippen molar-refractivity contribution in [3.8, 4) is 0 Å². The monoisotopic (exact) mass is 456 g/mol. The summed E-state index contributed by atoms with van der Waals surface area (Å²) in [4.78, 5) is 36.0. The lowest BCUT2D eigenvalue weighted by Gasteiger charge is -2.32. The van der Waals surface area contributed by atoms with Crippen molar-refractivity contribution in [3.63, 3.8) is 0 Å². The number of benzene rings is 1. The fourth-order valence-corrected chi connectivity index (χ4v) is 3.46. The second kappa shape index (κ2) is 9.28. The highest BCUT2D eigenvalue weighted by Gasteiger charge is 2.35. The predicted octanol–water partition coefficient (Wildman–Crippen LogP) is 3.95. The molecule has 0 amide bonds. The first-order valence-corrected chi connectivity index (χ1v) is 9.53. The van der Waals surface area contributed by atoms with Crippen LogP contribution in [0.1, 0.15) is 34.5 Å². The summed E-state index contributed by atoms with van der Waals surface area (Å²) in [5.74, 6) is -1.77. The maximum Gasteiger partial charge on any atom is 0.416 e. The Morgan fingerprint density at radius 1 is 1.25 bits per heavy atom. The molecule has 1 aromatic carbocycles. The molecule has 9 nitrogen and oxygen atoms in total. The topological polar surface area (TPSA) is 112 Å².